The van der Waals surface area contributed by atoms with Crippen LogP contribution >= 0.6 is 0 Å². The van der Waals surface area contributed by atoms with Crippen LogP contribution in [0.15, 0.2) is 71.6 Å². The molecule has 1 amide bonds. The largest absolute Gasteiger partial charge is 0.494 e. The zero-order valence-corrected chi connectivity index (χ0v) is 21.6. The normalized spacial score (nSPS) is 14.8. The second-order valence-corrected chi connectivity index (χ2v) is 10.3. The highest BCUT2D eigenvalue weighted by atomic mass is 32.2. The fraction of sp³-hybridized carbons (Fsp3) is 0.296. The van der Waals surface area contributed by atoms with E-state index in [2.05, 4.69) is 0 Å². The zero-order valence-electron chi connectivity index (χ0n) is 20.8. The van der Waals surface area contributed by atoms with Gasteiger partial charge in [0.05, 0.1) is 31.4 Å². The van der Waals surface area contributed by atoms with Gasteiger partial charge in [0.2, 0.25) is 5.91 Å². The van der Waals surface area contributed by atoms with Gasteiger partial charge in [0.15, 0.2) is 11.5 Å². The number of para-hydroxylation sites is 1. The van der Waals surface area contributed by atoms with Crippen molar-refractivity contribution in [2.24, 2.45) is 0 Å². The quantitative estimate of drug-likeness (QED) is 0.427. The number of amides is 1. The second-order valence-electron chi connectivity index (χ2n) is 8.40. The molecule has 0 bridgehead atoms. The molecule has 0 spiro atoms. The number of hydrogen-bond acceptors (Lipinski definition) is 6. The van der Waals surface area contributed by atoms with Gasteiger partial charge in [-0.3, -0.25) is 9.10 Å². The number of rotatable bonds is 9. The molecule has 0 aliphatic carbocycles. The second kappa shape index (κ2) is 10.5. The molecule has 36 heavy (non-hydrogen) atoms. The van der Waals surface area contributed by atoms with Crippen LogP contribution in [0.25, 0.3) is 0 Å². The van der Waals surface area contributed by atoms with Gasteiger partial charge in [0.1, 0.15) is 12.3 Å². The maximum atomic E-state index is 13.9. The highest BCUT2D eigenvalue weighted by molar-refractivity contribution is 7.92. The Kier molecular flexibility index (Phi) is 7.40. The van der Waals surface area contributed by atoms with Gasteiger partial charge < -0.3 is 19.1 Å². The van der Waals surface area contributed by atoms with Crippen LogP contribution in [0.1, 0.15) is 19.4 Å². The summed E-state index contributed by atoms with van der Waals surface area (Å²) < 4.78 is 45.0. The summed E-state index contributed by atoms with van der Waals surface area (Å²) >= 11 is 0. The van der Waals surface area contributed by atoms with Gasteiger partial charge in [-0.25, -0.2) is 8.42 Å². The Labute approximate surface area is 212 Å². The van der Waals surface area contributed by atoms with E-state index in [1.807, 2.05) is 38.1 Å². The predicted octanol–water partition coefficient (Wildman–Crippen LogP) is 4.28. The number of ether oxygens (including phenoxy) is 3. The smallest absolute Gasteiger partial charge is 0.264 e. The van der Waals surface area contributed by atoms with Crippen molar-refractivity contribution in [3.63, 3.8) is 0 Å². The summed E-state index contributed by atoms with van der Waals surface area (Å²) in [6, 6.07) is 18.6. The molecule has 3 aromatic carbocycles. The molecule has 1 atom stereocenters. The van der Waals surface area contributed by atoms with E-state index >= 15 is 0 Å². The Hall–Kier alpha value is -3.72. The summed E-state index contributed by atoms with van der Waals surface area (Å²) in [4.78, 5) is 15.3. The van der Waals surface area contributed by atoms with E-state index in [1.165, 1.54) is 32.4 Å². The van der Waals surface area contributed by atoms with E-state index in [1.54, 1.807) is 29.2 Å². The lowest BCUT2D eigenvalue weighted by atomic mass is 10.1. The number of nitrogens with zero attached hydrogens (tertiary/aromatic N) is 2. The number of benzene rings is 3. The molecule has 3 aromatic rings. The fourth-order valence-corrected chi connectivity index (χ4v) is 5.87. The lowest BCUT2D eigenvalue weighted by Crippen LogP contribution is -2.45. The first kappa shape index (κ1) is 25.4. The van der Waals surface area contributed by atoms with Crippen LogP contribution < -0.4 is 23.4 Å². The monoisotopic (exact) mass is 510 g/mol. The van der Waals surface area contributed by atoms with Crippen molar-refractivity contribution < 1.29 is 27.4 Å². The molecule has 4 rings (SSSR count). The minimum atomic E-state index is -4.15. The molecule has 0 saturated carbocycles. The van der Waals surface area contributed by atoms with Crippen LogP contribution in [0, 0.1) is 0 Å². The van der Waals surface area contributed by atoms with Crippen molar-refractivity contribution >= 4 is 27.3 Å². The molecule has 1 aliphatic rings. The summed E-state index contributed by atoms with van der Waals surface area (Å²) in [6.45, 7) is 3.94. The fourth-order valence-electron chi connectivity index (χ4n) is 4.44. The third kappa shape index (κ3) is 4.83. The van der Waals surface area contributed by atoms with E-state index in [4.69, 9.17) is 14.2 Å². The van der Waals surface area contributed by atoms with Crippen LogP contribution in [-0.2, 0) is 21.2 Å². The van der Waals surface area contributed by atoms with Gasteiger partial charge in [0, 0.05) is 17.8 Å². The summed E-state index contributed by atoms with van der Waals surface area (Å²) in [5.74, 6) is 0.977. The lowest BCUT2D eigenvalue weighted by molar-refractivity contribution is -0.117. The first-order valence-corrected chi connectivity index (χ1v) is 13.1. The van der Waals surface area contributed by atoms with Crippen LogP contribution in [0.3, 0.4) is 0 Å². The van der Waals surface area contributed by atoms with Crippen molar-refractivity contribution in [2.75, 3.05) is 36.6 Å². The molecule has 0 N–H and O–H groups in total. The topological polar surface area (TPSA) is 85.4 Å². The summed E-state index contributed by atoms with van der Waals surface area (Å²) in [5.41, 5.74) is 2.22. The number of anilines is 2. The van der Waals surface area contributed by atoms with E-state index in [9.17, 15) is 13.2 Å². The molecule has 0 fully saturated rings. The van der Waals surface area contributed by atoms with Crippen molar-refractivity contribution in [1.29, 1.82) is 0 Å². The SMILES string of the molecule is CCOc1ccc(N(CC(=O)N2c3ccccc3C[C@H]2C)S(=O)(=O)c2ccc(OC)c(OC)c2)cc1. The molecule has 9 heteroatoms. The minimum Gasteiger partial charge on any atom is -0.494 e. The number of sulfonamides is 1. The average molecular weight is 511 g/mol. The molecule has 190 valence electrons. The predicted molar refractivity (Wildman–Crippen MR) is 139 cm³/mol. The first-order valence-electron chi connectivity index (χ1n) is 11.7. The van der Waals surface area contributed by atoms with Crippen LogP contribution in [-0.4, -0.2) is 47.7 Å². The van der Waals surface area contributed by atoms with Crippen molar-refractivity contribution in [2.45, 2.75) is 31.2 Å². The summed E-state index contributed by atoms with van der Waals surface area (Å²) in [6.07, 6.45) is 0.716. The third-order valence-electron chi connectivity index (χ3n) is 6.13. The standard InChI is InChI=1S/C27H30N2O6S/c1-5-35-22-12-10-21(11-13-22)28(36(31,32)23-14-15-25(33-3)26(17-23)34-4)18-27(30)29-19(2)16-20-8-6-7-9-24(20)29/h6-15,17,19H,5,16,18H2,1-4H3/t19-/m1/s1. The number of hydrogen-bond donors (Lipinski definition) is 0. The zero-order chi connectivity index (χ0) is 25.9. The summed E-state index contributed by atoms with van der Waals surface area (Å²) in [7, 11) is -1.23. The van der Waals surface area contributed by atoms with E-state index in [0.29, 0.717) is 30.2 Å². The van der Waals surface area contributed by atoms with Crippen molar-refractivity contribution in [3.8, 4) is 17.2 Å². The maximum absolute atomic E-state index is 13.9. The molecule has 1 heterocycles. The van der Waals surface area contributed by atoms with E-state index in [0.717, 1.165) is 15.6 Å². The molecular weight excluding hydrogens is 480 g/mol. The Morgan fingerprint density at radius 2 is 1.69 bits per heavy atom. The number of carbonyl (C=O) groups excluding carboxylic acids is 1. The third-order valence-corrected chi connectivity index (χ3v) is 7.90. The van der Waals surface area contributed by atoms with Crippen LogP contribution in [0.5, 0.6) is 17.2 Å². The number of fused-ring (bicyclic) bond motifs is 1. The molecule has 0 radical (unpaired) electrons. The highest BCUT2D eigenvalue weighted by Crippen LogP contribution is 2.35. The maximum Gasteiger partial charge on any atom is 0.264 e. The number of carbonyl (C=O) groups is 1. The lowest BCUT2D eigenvalue weighted by Gasteiger charge is -2.29. The molecule has 0 unspecified atom stereocenters. The van der Waals surface area contributed by atoms with Gasteiger partial charge in [-0.1, -0.05) is 18.2 Å². The molecule has 0 saturated heterocycles. The van der Waals surface area contributed by atoms with E-state index in [-0.39, 0.29) is 29.1 Å². The van der Waals surface area contributed by atoms with Gasteiger partial charge in [-0.15, -0.1) is 0 Å². The molecule has 0 aromatic heterocycles. The Bertz CT molecular complexity index is 1340. The Morgan fingerprint density at radius 1 is 1.00 bits per heavy atom. The molecule has 8 nitrogen and oxygen atoms in total. The first-order chi connectivity index (χ1) is 17.3. The highest BCUT2D eigenvalue weighted by Gasteiger charge is 2.35. The average Bonchev–Trinajstić information content (AvgIpc) is 3.23. The molecular formula is C27H30N2O6S. The summed E-state index contributed by atoms with van der Waals surface area (Å²) in [5, 5.41) is 0. The van der Waals surface area contributed by atoms with Gasteiger partial charge in [-0.05, 0) is 68.3 Å². The Balaban J connectivity index is 1.74. The minimum absolute atomic E-state index is 0.0169. The van der Waals surface area contributed by atoms with Crippen LogP contribution in [0.4, 0.5) is 11.4 Å². The van der Waals surface area contributed by atoms with Gasteiger partial charge in [0.25, 0.3) is 10.0 Å². The number of methoxy groups -OCH3 is 2. The van der Waals surface area contributed by atoms with Gasteiger partial charge in [-0.2, -0.15) is 0 Å². The molecule has 1 aliphatic heterocycles. The van der Waals surface area contributed by atoms with Crippen molar-refractivity contribution in [1.82, 2.24) is 0 Å². The van der Waals surface area contributed by atoms with E-state index < -0.39 is 10.0 Å². The Morgan fingerprint density at radius 3 is 2.36 bits per heavy atom. The van der Waals surface area contributed by atoms with Gasteiger partial charge >= 0.3 is 0 Å². The van der Waals surface area contributed by atoms with Crippen molar-refractivity contribution in [3.05, 3.63) is 72.3 Å². The van der Waals surface area contributed by atoms with Crippen LogP contribution in [0.2, 0.25) is 0 Å².